The molecule has 1 N–H and O–H groups in total. The van der Waals surface area contributed by atoms with E-state index < -0.39 is 0 Å². The smallest absolute Gasteiger partial charge is 0.141 e. The Morgan fingerprint density at radius 1 is 1.25 bits per heavy atom. The van der Waals surface area contributed by atoms with E-state index in [0.29, 0.717) is 5.92 Å². The molecule has 0 spiro atoms. The monoisotopic (exact) mass is 219 g/mol. The summed E-state index contributed by atoms with van der Waals surface area (Å²) in [6, 6.07) is 0. The highest BCUT2D eigenvalue weighted by Gasteiger charge is 2.11. The van der Waals surface area contributed by atoms with E-state index in [1.807, 2.05) is 20.0 Å². The maximum absolute atomic E-state index is 4.36. The van der Waals surface area contributed by atoms with Gasteiger partial charge in [0.25, 0.3) is 0 Å². The Bertz CT molecular complexity index is 443. The molecule has 0 aliphatic carbocycles. The first-order valence-electron chi connectivity index (χ1n) is 6.04. The van der Waals surface area contributed by atoms with Crippen molar-refractivity contribution in [1.29, 1.82) is 0 Å². The average molecular weight is 219 g/mol. The number of fused-ring (bicyclic) bond motifs is 1. The van der Waals surface area contributed by atoms with Crippen LogP contribution in [-0.4, -0.2) is 15.0 Å². The second-order valence-electron chi connectivity index (χ2n) is 3.80. The van der Waals surface area contributed by atoms with Crippen molar-refractivity contribution in [2.24, 2.45) is 0 Å². The molecule has 0 amide bonds. The van der Waals surface area contributed by atoms with Crippen molar-refractivity contribution in [2.75, 3.05) is 0 Å². The molecule has 0 atom stereocenters. The van der Waals surface area contributed by atoms with E-state index in [0.717, 1.165) is 17.8 Å². The fourth-order valence-electron chi connectivity index (χ4n) is 1.77. The summed E-state index contributed by atoms with van der Waals surface area (Å²) in [5.74, 6) is 0.446. The Kier molecular flexibility index (Phi) is 4.47. The number of hydrogen-bond donors (Lipinski definition) is 1. The van der Waals surface area contributed by atoms with Crippen LogP contribution in [0.5, 0.6) is 0 Å². The van der Waals surface area contributed by atoms with Crippen molar-refractivity contribution in [3.05, 3.63) is 23.8 Å². The molecule has 2 heterocycles. The average Bonchev–Trinajstić information content (AvgIpc) is 2.74. The Morgan fingerprint density at radius 3 is 2.50 bits per heavy atom. The fourth-order valence-corrected chi connectivity index (χ4v) is 1.77. The van der Waals surface area contributed by atoms with E-state index in [2.05, 4.69) is 35.7 Å². The van der Waals surface area contributed by atoms with Crippen LogP contribution in [0.1, 0.15) is 51.8 Å². The minimum atomic E-state index is 0.446. The molecule has 2 aromatic rings. The molecule has 2 aromatic heterocycles. The van der Waals surface area contributed by atoms with Gasteiger partial charge in [-0.15, -0.1) is 0 Å². The molecule has 3 nitrogen and oxygen atoms in total. The van der Waals surface area contributed by atoms with Gasteiger partial charge in [0.1, 0.15) is 12.0 Å². The Balaban J connectivity index is 0.000000606. The third-order valence-electron chi connectivity index (χ3n) is 2.51. The Hall–Kier alpha value is -1.38. The number of aromatic amines is 1. The van der Waals surface area contributed by atoms with Gasteiger partial charge in [-0.3, -0.25) is 0 Å². The number of hydrogen-bond acceptors (Lipinski definition) is 2. The van der Waals surface area contributed by atoms with Crippen molar-refractivity contribution in [3.8, 4) is 0 Å². The standard InChI is InChI=1S/C11H15N3.C2H6/c1-4-8-5-12-11-9(8)10(7(2)3)13-6-14-11;1-2/h5-7H,4H2,1-3H3,(H,12,13,14);1-2H3. The normalized spacial score (nSPS) is 10.4. The van der Waals surface area contributed by atoms with Gasteiger partial charge in [-0.25, -0.2) is 9.97 Å². The SMILES string of the molecule is CC.CCc1c[nH]c2ncnc(C(C)C)c12. The molecule has 0 aromatic carbocycles. The van der Waals surface area contributed by atoms with Gasteiger partial charge >= 0.3 is 0 Å². The van der Waals surface area contributed by atoms with E-state index in [9.17, 15) is 0 Å². The van der Waals surface area contributed by atoms with Crippen LogP contribution in [0.2, 0.25) is 0 Å². The minimum Gasteiger partial charge on any atom is -0.346 e. The molecule has 0 aliphatic rings. The van der Waals surface area contributed by atoms with E-state index in [1.54, 1.807) is 6.33 Å². The third kappa shape index (κ3) is 2.23. The fraction of sp³-hybridized carbons (Fsp3) is 0.538. The van der Waals surface area contributed by atoms with Gasteiger partial charge in [0.15, 0.2) is 0 Å². The summed E-state index contributed by atoms with van der Waals surface area (Å²) in [6.07, 6.45) is 4.69. The molecule has 0 saturated heterocycles. The Labute approximate surface area is 97.3 Å². The van der Waals surface area contributed by atoms with E-state index in [4.69, 9.17) is 0 Å². The predicted molar refractivity (Wildman–Crippen MR) is 68.7 cm³/mol. The van der Waals surface area contributed by atoms with Crippen LogP contribution in [0.25, 0.3) is 11.0 Å². The molecule has 0 radical (unpaired) electrons. The summed E-state index contributed by atoms with van der Waals surface area (Å²) < 4.78 is 0. The van der Waals surface area contributed by atoms with Gasteiger partial charge in [0.05, 0.1) is 5.69 Å². The van der Waals surface area contributed by atoms with Crippen molar-refractivity contribution in [3.63, 3.8) is 0 Å². The number of nitrogens with one attached hydrogen (secondary N) is 1. The molecule has 3 heteroatoms. The molecular weight excluding hydrogens is 198 g/mol. The van der Waals surface area contributed by atoms with Crippen molar-refractivity contribution >= 4 is 11.0 Å². The largest absolute Gasteiger partial charge is 0.346 e. The van der Waals surface area contributed by atoms with Crippen LogP contribution in [0, 0.1) is 0 Å². The molecule has 0 aliphatic heterocycles. The summed E-state index contributed by atoms with van der Waals surface area (Å²) >= 11 is 0. The molecule has 88 valence electrons. The van der Waals surface area contributed by atoms with Gasteiger partial charge in [-0.05, 0) is 17.9 Å². The van der Waals surface area contributed by atoms with Crippen LogP contribution in [0.4, 0.5) is 0 Å². The van der Waals surface area contributed by atoms with Gasteiger partial charge < -0.3 is 4.98 Å². The third-order valence-corrected chi connectivity index (χ3v) is 2.51. The lowest BCUT2D eigenvalue weighted by Gasteiger charge is -2.06. The van der Waals surface area contributed by atoms with Crippen molar-refractivity contribution in [1.82, 2.24) is 15.0 Å². The first-order valence-corrected chi connectivity index (χ1v) is 6.04. The number of aromatic nitrogens is 3. The van der Waals surface area contributed by atoms with E-state index >= 15 is 0 Å². The lowest BCUT2D eigenvalue weighted by molar-refractivity contribution is 0.827. The molecule has 0 fully saturated rings. The molecule has 0 bridgehead atoms. The highest BCUT2D eigenvalue weighted by molar-refractivity contribution is 5.82. The minimum absolute atomic E-state index is 0.446. The summed E-state index contributed by atoms with van der Waals surface area (Å²) in [6.45, 7) is 10.5. The van der Waals surface area contributed by atoms with Crippen LogP contribution in [0.3, 0.4) is 0 Å². The summed E-state index contributed by atoms with van der Waals surface area (Å²) in [5, 5.41) is 1.21. The zero-order chi connectivity index (χ0) is 12.1. The van der Waals surface area contributed by atoms with Crippen LogP contribution in [0.15, 0.2) is 12.5 Å². The second-order valence-corrected chi connectivity index (χ2v) is 3.80. The first kappa shape index (κ1) is 12.7. The van der Waals surface area contributed by atoms with Crippen molar-refractivity contribution in [2.45, 2.75) is 47.0 Å². The maximum atomic E-state index is 4.36. The van der Waals surface area contributed by atoms with Crippen molar-refractivity contribution < 1.29 is 0 Å². The zero-order valence-electron chi connectivity index (χ0n) is 10.8. The number of H-pyrrole nitrogens is 1. The predicted octanol–water partition coefficient (Wildman–Crippen LogP) is 3.67. The van der Waals surface area contributed by atoms with Gasteiger partial charge in [0, 0.05) is 11.6 Å². The Morgan fingerprint density at radius 2 is 1.94 bits per heavy atom. The summed E-state index contributed by atoms with van der Waals surface area (Å²) in [4.78, 5) is 11.8. The van der Waals surface area contributed by atoms with Crippen LogP contribution >= 0.6 is 0 Å². The molecule has 0 unspecified atom stereocenters. The van der Waals surface area contributed by atoms with Gasteiger partial charge in [-0.2, -0.15) is 0 Å². The van der Waals surface area contributed by atoms with E-state index in [-0.39, 0.29) is 0 Å². The molecule has 16 heavy (non-hydrogen) atoms. The number of aryl methyl sites for hydroxylation is 1. The molecule has 0 saturated carbocycles. The highest BCUT2D eigenvalue weighted by atomic mass is 14.9. The maximum Gasteiger partial charge on any atom is 0.141 e. The number of rotatable bonds is 2. The highest BCUT2D eigenvalue weighted by Crippen LogP contribution is 2.24. The molecular formula is C13H21N3. The topological polar surface area (TPSA) is 41.6 Å². The first-order chi connectivity index (χ1) is 7.74. The van der Waals surface area contributed by atoms with E-state index in [1.165, 1.54) is 10.9 Å². The lowest BCUT2D eigenvalue weighted by atomic mass is 10.0. The quantitative estimate of drug-likeness (QED) is 0.837. The van der Waals surface area contributed by atoms with Crippen LogP contribution < -0.4 is 0 Å². The zero-order valence-corrected chi connectivity index (χ0v) is 10.8. The van der Waals surface area contributed by atoms with Crippen LogP contribution in [-0.2, 0) is 6.42 Å². The second kappa shape index (κ2) is 5.64. The van der Waals surface area contributed by atoms with Gasteiger partial charge in [-0.1, -0.05) is 34.6 Å². The summed E-state index contributed by atoms with van der Waals surface area (Å²) in [7, 11) is 0. The lowest BCUT2D eigenvalue weighted by Crippen LogP contribution is -1.95. The molecule has 2 rings (SSSR count). The number of nitrogens with zero attached hydrogens (tertiary/aromatic N) is 2. The van der Waals surface area contributed by atoms with Gasteiger partial charge in [0.2, 0.25) is 0 Å². The summed E-state index contributed by atoms with van der Waals surface area (Å²) in [5.41, 5.74) is 3.41.